The molecule has 0 aliphatic carbocycles. The minimum atomic E-state index is 0.127. The predicted octanol–water partition coefficient (Wildman–Crippen LogP) is 5.28. The summed E-state index contributed by atoms with van der Waals surface area (Å²) in [6.07, 6.45) is 0. The molecule has 164 valence electrons. The molecule has 3 heterocycles. The third-order valence-electron chi connectivity index (χ3n) is 6.49. The lowest BCUT2D eigenvalue weighted by molar-refractivity contribution is 0.0751. The molecule has 32 heavy (non-hydrogen) atoms. The minimum Gasteiger partial charge on any atom is -0.368 e. The van der Waals surface area contributed by atoms with Gasteiger partial charge in [0.2, 0.25) is 0 Å². The minimum absolute atomic E-state index is 0.127. The molecule has 1 saturated heterocycles. The molecule has 0 saturated carbocycles. The monoisotopic (exact) mass is 444 g/mol. The first-order valence-electron chi connectivity index (χ1n) is 11.1. The van der Waals surface area contributed by atoms with Crippen molar-refractivity contribution < 1.29 is 4.79 Å². The maximum absolute atomic E-state index is 13.3. The van der Waals surface area contributed by atoms with E-state index in [1.165, 1.54) is 22.4 Å². The molecule has 4 aromatic rings. The van der Waals surface area contributed by atoms with Crippen molar-refractivity contribution in [3.8, 4) is 5.69 Å². The van der Waals surface area contributed by atoms with Gasteiger partial charge in [0, 0.05) is 37.3 Å². The molecule has 1 aliphatic rings. The molecule has 2 aromatic carbocycles. The lowest BCUT2D eigenvalue weighted by Gasteiger charge is -2.36. The zero-order valence-corrected chi connectivity index (χ0v) is 19.9. The Labute approximate surface area is 192 Å². The van der Waals surface area contributed by atoms with Crippen LogP contribution >= 0.6 is 11.3 Å². The molecular weight excluding hydrogens is 416 g/mol. The van der Waals surface area contributed by atoms with Crippen molar-refractivity contribution in [2.24, 2.45) is 0 Å². The Kier molecular flexibility index (Phi) is 5.25. The van der Waals surface area contributed by atoms with Crippen molar-refractivity contribution in [1.82, 2.24) is 14.7 Å². The number of piperazine rings is 1. The van der Waals surface area contributed by atoms with E-state index >= 15 is 0 Å². The molecule has 1 aliphatic heterocycles. The summed E-state index contributed by atoms with van der Waals surface area (Å²) in [4.78, 5) is 19.6. The molecule has 0 spiro atoms. The van der Waals surface area contributed by atoms with Crippen LogP contribution in [0.3, 0.4) is 0 Å². The molecule has 5 nitrogen and oxygen atoms in total. The number of hydrogen-bond donors (Lipinski definition) is 0. The topological polar surface area (TPSA) is 41.4 Å². The molecule has 0 atom stereocenters. The normalized spacial score (nSPS) is 14.4. The van der Waals surface area contributed by atoms with E-state index in [0.29, 0.717) is 0 Å². The highest BCUT2D eigenvalue weighted by atomic mass is 32.1. The van der Waals surface area contributed by atoms with Crippen LogP contribution in [0, 0.1) is 27.7 Å². The summed E-state index contributed by atoms with van der Waals surface area (Å²) in [5.74, 6) is 0.127. The van der Waals surface area contributed by atoms with Crippen molar-refractivity contribution in [3.05, 3.63) is 75.8 Å². The summed E-state index contributed by atoms with van der Waals surface area (Å²) < 4.78 is 1.97. The fourth-order valence-corrected chi connectivity index (χ4v) is 5.62. The fourth-order valence-electron chi connectivity index (χ4n) is 4.47. The van der Waals surface area contributed by atoms with Crippen LogP contribution in [0.15, 0.2) is 48.5 Å². The standard InChI is InChI=1S/C26H28N4OS/c1-17-7-5-9-21(15-17)30-26-22(20(4)27-30)16-24(32-26)25(31)29-13-11-28(12-14-29)23-10-6-8-18(2)19(23)3/h5-10,15-16H,11-14H2,1-4H3. The number of nitrogens with zero attached hydrogens (tertiary/aromatic N) is 4. The third-order valence-corrected chi connectivity index (χ3v) is 7.58. The highest BCUT2D eigenvalue weighted by molar-refractivity contribution is 7.20. The Hall–Kier alpha value is -3.12. The van der Waals surface area contributed by atoms with Crippen LogP contribution in [0.1, 0.15) is 32.1 Å². The number of carbonyl (C=O) groups excluding carboxylic acids is 1. The number of fused-ring (bicyclic) bond motifs is 1. The lowest BCUT2D eigenvalue weighted by atomic mass is 10.1. The van der Waals surface area contributed by atoms with Gasteiger partial charge >= 0.3 is 0 Å². The van der Waals surface area contributed by atoms with E-state index in [2.05, 4.69) is 62.1 Å². The zero-order chi connectivity index (χ0) is 22.4. The summed E-state index contributed by atoms with van der Waals surface area (Å²) in [5.41, 5.74) is 7.10. The maximum Gasteiger partial charge on any atom is 0.264 e. The summed E-state index contributed by atoms with van der Waals surface area (Å²) in [5, 5.41) is 5.79. The van der Waals surface area contributed by atoms with Gasteiger partial charge in [-0.2, -0.15) is 5.10 Å². The lowest BCUT2D eigenvalue weighted by Crippen LogP contribution is -2.48. The van der Waals surface area contributed by atoms with Gasteiger partial charge in [0.05, 0.1) is 16.3 Å². The Bertz CT molecular complexity index is 1310. The quantitative estimate of drug-likeness (QED) is 0.432. The van der Waals surface area contributed by atoms with E-state index < -0.39 is 0 Å². The number of carbonyl (C=O) groups is 1. The largest absolute Gasteiger partial charge is 0.368 e. The fraction of sp³-hybridized carbons (Fsp3) is 0.308. The molecule has 6 heteroatoms. The second-order valence-electron chi connectivity index (χ2n) is 8.66. The number of rotatable bonds is 3. The second-order valence-corrected chi connectivity index (χ2v) is 9.69. The second kappa shape index (κ2) is 8.10. The van der Waals surface area contributed by atoms with E-state index in [9.17, 15) is 4.79 Å². The molecule has 1 fully saturated rings. The molecule has 1 amide bonds. The number of hydrogen-bond acceptors (Lipinski definition) is 4. The van der Waals surface area contributed by atoms with Gasteiger partial charge in [0.25, 0.3) is 5.91 Å². The Morgan fingerprint density at radius 3 is 2.44 bits per heavy atom. The molecule has 0 N–H and O–H groups in total. The maximum atomic E-state index is 13.3. The van der Waals surface area contributed by atoms with Crippen LogP contribution in [0.2, 0.25) is 0 Å². The highest BCUT2D eigenvalue weighted by Crippen LogP contribution is 2.32. The summed E-state index contributed by atoms with van der Waals surface area (Å²) in [6, 6.07) is 16.8. The summed E-state index contributed by atoms with van der Waals surface area (Å²) in [6.45, 7) is 11.6. The van der Waals surface area contributed by atoms with Gasteiger partial charge in [-0.1, -0.05) is 24.3 Å². The molecular formula is C26H28N4OS. The smallest absolute Gasteiger partial charge is 0.264 e. The van der Waals surface area contributed by atoms with Crippen LogP contribution in [0.5, 0.6) is 0 Å². The summed E-state index contributed by atoms with van der Waals surface area (Å²) >= 11 is 1.54. The van der Waals surface area contributed by atoms with E-state index in [0.717, 1.165) is 52.7 Å². The number of aryl methyl sites for hydroxylation is 3. The number of benzene rings is 2. The zero-order valence-electron chi connectivity index (χ0n) is 19.1. The van der Waals surface area contributed by atoms with E-state index in [1.54, 1.807) is 11.3 Å². The van der Waals surface area contributed by atoms with Gasteiger partial charge in [-0.15, -0.1) is 11.3 Å². The first kappa shape index (κ1) is 20.8. The van der Waals surface area contributed by atoms with Crippen molar-refractivity contribution in [3.63, 3.8) is 0 Å². The Morgan fingerprint density at radius 1 is 0.938 bits per heavy atom. The summed E-state index contributed by atoms with van der Waals surface area (Å²) in [7, 11) is 0. The SMILES string of the molecule is Cc1cccc(-n2nc(C)c3cc(C(=O)N4CCN(c5cccc(C)c5C)CC4)sc32)c1. The van der Waals surface area contributed by atoms with Crippen LogP contribution < -0.4 is 4.90 Å². The average Bonchev–Trinajstić information content (AvgIpc) is 3.36. The van der Waals surface area contributed by atoms with Gasteiger partial charge in [0.15, 0.2) is 0 Å². The van der Waals surface area contributed by atoms with Gasteiger partial charge in [-0.3, -0.25) is 4.79 Å². The predicted molar refractivity (Wildman–Crippen MR) is 132 cm³/mol. The van der Waals surface area contributed by atoms with Crippen molar-refractivity contribution in [2.75, 3.05) is 31.1 Å². The Morgan fingerprint density at radius 2 is 1.69 bits per heavy atom. The molecule has 0 radical (unpaired) electrons. The van der Waals surface area contributed by atoms with Crippen molar-refractivity contribution in [1.29, 1.82) is 0 Å². The number of thiophene rings is 1. The van der Waals surface area contributed by atoms with Crippen LogP contribution in [-0.2, 0) is 0 Å². The average molecular weight is 445 g/mol. The highest BCUT2D eigenvalue weighted by Gasteiger charge is 2.25. The van der Waals surface area contributed by atoms with E-state index in [1.807, 2.05) is 28.6 Å². The third kappa shape index (κ3) is 3.58. The van der Waals surface area contributed by atoms with Gasteiger partial charge < -0.3 is 9.80 Å². The van der Waals surface area contributed by atoms with Crippen LogP contribution in [0.4, 0.5) is 5.69 Å². The van der Waals surface area contributed by atoms with Gasteiger partial charge in [0.1, 0.15) is 4.83 Å². The molecule has 2 aromatic heterocycles. The van der Waals surface area contributed by atoms with Crippen LogP contribution in [0.25, 0.3) is 15.9 Å². The van der Waals surface area contributed by atoms with Crippen molar-refractivity contribution >= 4 is 33.1 Å². The van der Waals surface area contributed by atoms with E-state index in [-0.39, 0.29) is 5.91 Å². The van der Waals surface area contributed by atoms with Crippen molar-refractivity contribution in [2.45, 2.75) is 27.7 Å². The first-order valence-corrected chi connectivity index (χ1v) is 11.9. The number of amides is 1. The van der Waals surface area contributed by atoms with E-state index in [4.69, 9.17) is 5.10 Å². The van der Waals surface area contributed by atoms with Gasteiger partial charge in [-0.05, 0) is 68.7 Å². The molecule has 0 unspecified atom stereocenters. The first-order chi connectivity index (χ1) is 15.4. The molecule has 0 bridgehead atoms. The Balaban J connectivity index is 1.37. The number of anilines is 1. The number of aromatic nitrogens is 2. The van der Waals surface area contributed by atoms with Gasteiger partial charge in [-0.25, -0.2) is 4.68 Å². The molecule has 5 rings (SSSR count). The van der Waals surface area contributed by atoms with Crippen LogP contribution in [-0.4, -0.2) is 46.8 Å².